The molecule has 0 aliphatic carbocycles. The highest BCUT2D eigenvalue weighted by Crippen LogP contribution is 2.26. The number of piperidine rings is 1. The Labute approximate surface area is 119 Å². The molecule has 2 aromatic rings. The Hall–Kier alpha value is -1.39. The minimum absolute atomic E-state index is 0. The van der Waals surface area contributed by atoms with Crippen molar-refractivity contribution >= 4 is 12.4 Å². The standard InChI is InChI=1S/C14H17N3O.ClH/c1-10-4-2-3-5-12(10)13-16-14(18-17-13)11-6-8-15-9-7-11;/h2-5,11,15H,6-9H2,1H3;1H. The fourth-order valence-electron chi connectivity index (χ4n) is 2.40. The molecule has 0 saturated carbocycles. The summed E-state index contributed by atoms with van der Waals surface area (Å²) in [6.45, 7) is 4.13. The highest BCUT2D eigenvalue weighted by atomic mass is 35.5. The van der Waals surface area contributed by atoms with Gasteiger partial charge in [0.15, 0.2) is 0 Å². The molecule has 0 bridgehead atoms. The van der Waals surface area contributed by atoms with Gasteiger partial charge in [0.05, 0.1) is 0 Å². The summed E-state index contributed by atoms with van der Waals surface area (Å²) in [7, 11) is 0. The second-order valence-electron chi connectivity index (χ2n) is 4.80. The number of hydrogen-bond acceptors (Lipinski definition) is 4. The lowest BCUT2D eigenvalue weighted by atomic mass is 9.98. The molecule has 0 unspecified atom stereocenters. The number of nitrogens with one attached hydrogen (secondary N) is 1. The predicted molar refractivity (Wildman–Crippen MR) is 76.6 cm³/mol. The molecule has 1 aliphatic heterocycles. The number of rotatable bonds is 2. The van der Waals surface area contributed by atoms with E-state index >= 15 is 0 Å². The molecule has 1 aromatic heterocycles. The van der Waals surface area contributed by atoms with Gasteiger partial charge in [0, 0.05) is 11.5 Å². The molecule has 0 atom stereocenters. The molecule has 1 aliphatic rings. The molecule has 1 saturated heterocycles. The summed E-state index contributed by atoms with van der Waals surface area (Å²) in [5.41, 5.74) is 2.23. The minimum atomic E-state index is 0. The van der Waals surface area contributed by atoms with Gasteiger partial charge in [0.2, 0.25) is 11.7 Å². The van der Waals surface area contributed by atoms with Crippen LogP contribution in [0.4, 0.5) is 0 Å². The van der Waals surface area contributed by atoms with E-state index in [1.165, 1.54) is 5.56 Å². The summed E-state index contributed by atoms with van der Waals surface area (Å²) in [6, 6.07) is 8.12. The van der Waals surface area contributed by atoms with Gasteiger partial charge in [-0.15, -0.1) is 12.4 Å². The number of aromatic nitrogens is 2. The van der Waals surface area contributed by atoms with Crippen LogP contribution in [-0.4, -0.2) is 23.2 Å². The second kappa shape index (κ2) is 6.17. The van der Waals surface area contributed by atoms with E-state index in [1.807, 2.05) is 18.2 Å². The van der Waals surface area contributed by atoms with E-state index < -0.39 is 0 Å². The van der Waals surface area contributed by atoms with Crippen LogP contribution >= 0.6 is 12.4 Å². The summed E-state index contributed by atoms with van der Waals surface area (Å²) in [4.78, 5) is 4.56. The fraction of sp³-hybridized carbons (Fsp3) is 0.429. The molecule has 1 aromatic carbocycles. The maximum atomic E-state index is 5.42. The first kappa shape index (κ1) is 14.0. The van der Waals surface area contributed by atoms with Crippen LogP contribution in [-0.2, 0) is 0 Å². The average molecular weight is 280 g/mol. The van der Waals surface area contributed by atoms with E-state index in [4.69, 9.17) is 4.52 Å². The Morgan fingerprint density at radius 3 is 2.68 bits per heavy atom. The Kier molecular flexibility index (Phi) is 4.56. The lowest BCUT2D eigenvalue weighted by molar-refractivity contribution is 0.320. The van der Waals surface area contributed by atoms with Gasteiger partial charge in [-0.05, 0) is 38.4 Å². The maximum Gasteiger partial charge on any atom is 0.230 e. The molecule has 4 nitrogen and oxygen atoms in total. The molecule has 3 rings (SSSR count). The molecule has 0 spiro atoms. The van der Waals surface area contributed by atoms with E-state index in [9.17, 15) is 0 Å². The van der Waals surface area contributed by atoms with Crippen molar-refractivity contribution in [2.24, 2.45) is 0 Å². The van der Waals surface area contributed by atoms with Gasteiger partial charge in [-0.3, -0.25) is 0 Å². The molecule has 1 fully saturated rings. The molecule has 0 radical (unpaired) electrons. The van der Waals surface area contributed by atoms with E-state index in [0.29, 0.717) is 11.7 Å². The Balaban J connectivity index is 0.00000133. The Bertz CT molecular complexity index is 535. The van der Waals surface area contributed by atoms with Gasteiger partial charge in [-0.2, -0.15) is 4.98 Å². The first-order valence-electron chi connectivity index (χ1n) is 6.45. The summed E-state index contributed by atoms with van der Waals surface area (Å²) >= 11 is 0. The zero-order valence-electron chi connectivity index (χ0n) is 10.9. The number of nitrogens with zero attached hydrogens (tertiary/aromatic N) is 2. The smallest absolute Gasteiger partial charge is 0.230 e. The molecule has 0 amide bonds. The minimum Gasteiger partial charge on any atom is -0.339 e. The monoisotopic (exact) mass is 279 g/mol. The fourth-order valence-corrected chi connectivity index (χ4v) is 2.40. The van der Waals surface area contributed by atoms with Crippen LogP contribution in [0.2, 0.25) is 0 Å². The lowest BCUT2D eigenvalue weighted by Gasteiger charge is -2.18. The summed E-state index contributed by atoms with van der Waals surface area (Å²) in [6.07, 6.45) is 2.16. The Morgan fingerprint density at radius 1 is 1.21 bits per heavy atom. The Morgan fingerprint density at radius 2 is 1.95 bits per heavy atom. The van der Waals surface area contributed by atoms with Gasteiger partial charge in [-0.25, -0.2) is 0 Å². The normalized spacial score (nSPS) is 16.1. The van der Waals surface area contributed by atoms with Crippen molar-refractivity contribution in [2.75, 3.05) is 13.1 Å². The van der Waals surface area contributed by atoms with Gasteiger partial charge in [-0.1, -0.05) is 29.4 Å². The van der Waals surface area contributed by atoms with Crippen LogP contribution < -0.4 is 5.32 Å². The third-order valence-corrected chi connectivity index (χ3v) is 3.52. The van der Waals surface area contributed by atoms with Crippen LogP contribution in [0.1, 0.15) is 30.2 Å². The topological polar surface area (TPSA) is 51.0 Å². The van der Waals surface area contributed by atoms with Crippen molar-refractivity contribution in [3.05, 3.63) is 35.7 Å². The van der Waals surface area contributed by atoms with Crippen molar-refractivity contribution in [1.82, 2.24) is 15.5 Å². The van der Waals surface area contributed by atoms with Crippen molar-refractivity contribution in [3.63, 3.8) is 0 Å². The summed E-state index contributed by atoms with van der Waals surface area (Å²) in [5, 5.41) is 7.46. The molecule has 5 heteroatoms. The van der Waals surface area contributed by atoms with Crippen LogP contribution in [0, 0.1) is 6.92 Å². The predicted octanol–water partition coefficient (Wildman–Crippen LogP) is 2.93. The number of benzene rings is 1. The van der Waals surface area contributed by atoms with Crippen molar-refractivity contribution in [1.29, 1.82) is 0 Å². The van der Waals surface area contributed by atoms with Crippen LogP contribution in [0.15, 0.2) is 28.8 Å². The van der Waals surface area contributed by atoms with E-state index in [-0.39, 0.29) is 12.4 Å². The van der Waals surface area contributed by atoms with E-state index in [0.717, 1.165) is 37.4 Å². The third-order valence-electron chi connectivity index (χ3n) is 3.52. The average Bonchev–Trinajstić information content (AvgIpc) is 2.90. The van der Waals surface area contributed by atoms with Gasteiger partial charge < -0.3 is 9.84 Å². The first-order valence-corrected chi connectivity index (χ1v) is 6.45. The summed E-state index contributed by atoms with van der Waals surface area (Å²) in [5.74, 6) is 1.91. The van der Waals surface area contributed by atoms with Crippen LogP contribution in [0.5, 0.6) is 0 Å². The van der Waals surface area contributed by atoms with Crippen LogP contribution in [0.3, 0.4) is 0 Å². The highest BCUT2D eigenvalue weighted by Gasteiger charge is 2.21. The first-order chi connectivity index (χ1) is 8.84. The number of hydrogen-bond donors (Lipinski definition) is 1. The largest absolute Gasteiger partial charge is 0.339 e. The van der Waals surface area contributed by atoms with Gasteiger partial charge >= 0.3 is 0 Å². The van der Waals surface area contributed by atoms with Crippen molar-refractivity contribution < 1.29 is 4.52 Å². The summed E-state index contributed by atoms with van der Waals surface area (Å²) < 4.78 is 5.42. The number of aryl methyl sites for hydroxylation is 1. The zero-order chi connectivity index (χ0) is 12.4. The maximum absolute atomic E-state index is 5.42. The van der Waals surface area contributed by atoms with Crippen molar-refractivity contribution in [3.8, 4) is 11.4 Å². The zero-order valence-corrected chi connectivity index (χ0v) is 11.7. The van der Waals surface area contributed by atoms with E-state index in [2.05, 4.69) is 28.4 Å². The molecular weight excluding hydrogens is 262 g/mol. The molecule has 1 N–H and O–H groups in total. The quantitative estimate of drug-likeness (QED) is 0.918. The third kappa shape index (κ3) is 2.96. The molecule has 2 heterocycles. The van der Waals surface area contributed by atoms with Crippen molar-refractivity contribution in [2.45, 2.75) is 25.7 Å². The SMILES string of the molecule is Cc1ccccc1-c1noc(C2CCNCC2)n1.Cl. The molecular formula is C14H18ClN3O. The second-order valence-corrected chi connectivity index (χ2v) is 4.80. The number of halogens is 1. The lowest BCUT2D eigenvalue weighted by Crippen LogP contribution is -2.26. The van der Waals surface area contributed by atoms with Gasteiger partial charge in [0.1, 0.15) is 0 Å². The van der Waals surface area contributed by atoms with E-state index in [1.54, 1.807) is 0 Å². The van der Waals surface area contributed by atoms with Gasteiger partial charge in [0.25, 0.3) is 0 Å². The highest BCUT2D eigenvalue weighted by molar-refractivity contribution is 5.85. The molecule has 19 heavy (non-hydrogen) atoms. The van der Waals surface area contributed by atoms with Crippen LogP contribution in [0.25, 0.3) is 11.4 Å². The molecule has 102 valence electrons.